The zero-order chi connectivity index (χ0) is 9.26. The van der Waals surface area contributed by atoms with E-state index in [0.29, 0.717) is 0 Å². The number of aliphatic hydroxyl groups excluding tert-OH is 1. The normalized spacial score (nSPS) is 22.2. The fourth-order valence-electron chi connectivity index (χ4n) is 1.62. The van der Waals surface area contributed by atoms with E-state index in [9.17, 15) is 5.11 Å². The molecule has 1 unspecified atom stereocenters. The summed E-state index contributed by atoms with van der Waals surface area (Å²) in [6.45, 7) is 3.71. The Morgan fingerprint density at radius 2 is 2.31 bits per heavy atom. The summed E-state index contributed by atoms with van der Waals surface area (Å²) >= 11 is 0. The topological polar surface area (TPSA) is 35.5 Å². The molecule has 13 heavy (non-hydrogen) atoms. The van der Waals surface area contributed by atoms with Crippen LogP contribution in [-0.4, -0.2) is 22.9 Å². The summed E-state index contributed by atoms with van der Waals surface area (Å²) in [5.41, 5.74) is 2.29. The third kappa shape index (κ3) is 1.53. The second-order valence-electron chi connectivity index (χ2n) is 3.24. The van der Waals surface area contributed by atoms with Gasteiger partial charge in [0.25, 0.3) is 0 Å². The molecule has 0 bridgehead atoms. The molecule has 1 atom stereocenters. The van der Waals surface area contributed by atoms with Crippen molar-refractivity contribution in [3.8, 4) is 0 Å². The maximum Gasteiger partial charge on any atom is 0.184 e. The Hall–Kier alpha value is -1.06. The second kappa shape index (κ2) is 3.36. The predicted octanol–water partition coefficient (Wildman–Crippen LogP) is 1.21. The molecule has 0 spiro atoms. The van der Waals surface area contributed by atoms with Crippen molar-refractivity contribution in [1.29, 1.82) is 0 Å². The van der Waals surface area contributed by atoms with E-state index in [1.54, 1.807) is 0 Å². The van der Waals surface area contributed by atoms with Gasteiger partial charge in [0.05, 0.1) is 0 Å². The largest absolute Gasteiger partial charge is 0.361 e. The minimum atomic E-state index is -0.542. The predicted molar refractivity (Wildman–Crippen MR) is 52.2 cm³/mol. The molecular weight excluding hydrogens is 164 g/mol. The SMILES string of the molecule is CCN1Cc2ccccc2NC1O. The number of aliphatic hydroxyl groups is 1. The minimum Gasteiger partial charge on any atom is -0.361 e. The van der Waals surface area contributed by atoms with E-state index in [1.165, 1.54) is 5.56 Å². The lowest BCUT2D eigenvalue weighted by molar-refractivity contribution is 0.0183. The molecular formula is C10H14N2O. The highest BCUT2D eigenvalue weighted by atomic mass is 16.3. The quantitative estimate of drug-likeness (QED) is 0.678. The fourth-order valence-corrected chi connectivity index (χ4v) is 1.62. The van der Waals surface area contributed by atoms with E-state index in [2.05, 4.69) is 11.4 Å². The zero-order valence-electron chi connectivity index (χ0n) is 7.70. The molecule has 1 heterocycles. The molecule has 2 rings (SSSR count). The number of nitrogens with one attached hydrogen (secondary N) is 1. The van der Waals surface area contributed by atoms with Gasteiger partial charge in [-0.05, 0) is 18.2 Å². The summed E-state index contributed by atoms with van der Waals surface area (Å²) in [7, 11) is 0. The van der Waals surface area contributed by atoms with Gasteiger partial charge >= 0.3 is 0 Å². The molecule has 0 radical (unpaired) electrons. The van der Waals surface area contributed by atoms with Crippen LogP contribution >= 0.6 is 0 Å². The average Bonchev–Trinajstić information content (AvgIpc) is 2.17. The van der Waals surface area contributed by atoms with Crippen molar-refractivity contribution in [3.63, 3.8) is 0 Å². The van der Waals surface area contributed by atoms with Crippen LogP contribution in [0, 0.1) is 0 Å². The highest BCUT2D eigenvalue weighted by molar-refractivity contribution is 5.52. The lowest BCUT2D eigenvalue weighted by Crippen LogP contribution is -2.43. The number of benzene rings is 1. The van der Waals surface area contributed by atoms with Gasteiger partial charge in [-0.3, -0.25) is 4.90 Å². The number of rotatable bonds is 1. The smallest absolute Gasteiger partial charge is 0.184 e. The van der Waals surface area contributed by atoms with Gasteiger partial charge in [-0.1, -0.05) is 25.1 Å². The van der Waals surface area contributed by atoms with Gasteiger partial charge in [0.1, 0.15) is 0 Å². The minimum absolute atomic E-state index is 0.542. The number of fused-ring (bicyclic) bond motifs is 1. The molecule has 0 aromatic heterocycles. The van der Waals surface area contributed by atoms with Gasteiger partial charge in [-0.15, -0.1) is 0 Å². The van der Waals surface area contributed by atoms with E-state index in [4.69, 9.17) is 0 Å². The third-order valence-electron chi connectivity index (χ3n) is 2.43. The lowest BCUT2D eigenvalue weighted by atomic mass is 10.1. The molecule has 3 nitrogen and oxygen atoms in total. The highest BCUT2D eigenvalue weighted by Gasteiger charge is 2.20. The first-order chi connectivity index (χ1) is 6.31. The summed E-state index contributed by atoms with van der Waals surface area (Å²) in [5.74, 6) is 0. The van der Waals surface area contributed by atoms with Gasteiger partial charge in [0.2, 0.25) is 0 Å². The number of nitrogens with zero attached hydrogens (tertiary/aromatic N) is 1. The van der Waals surface area contributed by atoms with Crippen LogP contribution in [0.2, 0.25) is 0 Å². The molecule has 1 aliphatic rings. The molecule has 0 amide bonds. The monoisotopic (exact) mass is 178 g/mol. The Morgan fingerprint density at radius 1 is 1.54 bits per heavy atom. The average molecular weight is 178 g/mol. The molecule has 1 aliphatic heterocycles. The van der Waals surface area contributed by atoms with Crippen molar-refractivity contribution in [1.82, 2.24) is 4.90 Å². The first-order valence-corrected chi connectivity index (χ1v) is 4.58. The molecule has 1 aromatic carbocycles. The molecule has 0 saturated carbocycles. The Kier molecular flexibility index (Phi) is 2.20. The first-order valence-electron chi connectivity index (χ1n) is 4.58. The Balaban J connectivity index is 2.27. The zero-order valence-corrected chi connectivity index (χ0v) is 7.70. The van der Waals surface area contributed by atoms with Crippen molar-refractivity contribution in [3.05, 3.63) is 29.8 Å². The summed E-state index contributed by atoms with van der Waals surface area (Å²) in [6.07, 6.45) is -0.542. The van der Waals surface area contributed by atoms with Crippen LogP contribution in [0.25, 0.3) is 0 Å². The lowest BCUT2D eigenvalue weighted by Gasteiger charge is -2.33. The van der Waals surface area contributed by atoms with Gasteiger partial charge in [0.15, 0.2) is 6.35 Å². The molecule has 70 valence electrons. The van der Waals surface area contributed by atoms with Crippen LogP contribution in [0.15, 0.2) is 24.3 Å². The van der Waals surface area contributed by atoms with E-state index in [1.807, 2.05) is 30.0 Å². The Labute approximate surface area is 78.0 Å². The van der Waals surface area contributed by atoms with Crippen LogP contribution in [0.1, 0.15) is 12.5 Å². The number of para-hydroxylation sites is 1. The maximum atomic E-state index is 9.63. The summed E-state index contributed by atoms with van der Waals surface area (Å²) in [6, 6.07) is 8.06. The van der Waals surface area contributed by atoms with Crippen LogP contribution in [0.4, 0.5) is 5.69 Å². The van der Waals surface area contributed by atoms with Gasteiger partial charge < -0.3 is 10.4 Å². The second-order valence-corrected chi connectivity index (χ2v) is 3.24. The van der Waals surface area contributed by atoms with E-state index in [-0.39, 0.29) is 0 Å². The highest BCUT2D eigenvalue weighted by Crippen LogP contribution is 2.23. The number of anilines is 1. The number of hydrogen-bond donors (Lipinski definition) is 2. The maximum absolute atomic E-state index is 9.63. The van der Waals surface area contributed by atoms with Crippen molar-refractivity contribution in [2.45, 2.75) is 19.8 Å². The van der Waals surface area contributed by atoms with Crippen LogP contribution in [0.5, 0.6) is 0 Å². The Bertz CT molecular complexity index is 301. The molecule has 0 saturated heterocycles. The fraction of sp³-hybridized carbons (Fsp3) is 0.400. The summed E-state index contributed by atoms with van der Waals surface area (Å²) in [4.78, 5) is 1.97. The van der Waals surface area contributed by atoms with E-state index in [0.717, 1.165) is 18.8 Å². The molecule has 1 aromatic rings. The Morgan fingerprint density at radius 3 is 3.08 bits per heavy atom. The standard InChI is InChI=1S/C10H14N2O/c1-2-12-7-8-5-3-4-6-9(8)11-10(12)13/h3-6,10-11,13H,2,7H2,1H3. The molecule has 3 heteroatoms. The van der Waals surface area contributed by atoms with Gasteiger partial charge in [-0.2, -0.15) is 0 Å². The molecule has 2 N–H and O–H groups in total. The summed E-state index contributed by atoms with van der Waals surface area (Å²) in [5, 5.41) is 12.7. The molecule has 0 fully saturated rings. The van der Waals surface area contributed by atoms with Crippen LogP contribution in [-0.2, 0) is 6.54 Å². The van der Waals surface area contributed by atoms with Crippen molar-refractivity contribution < 1.29 is 5.11 Å². The van der Waals surface area contributed by atoms with Crippen LogP contribution < -0.4 is 5.32 Å². The van der Waals surface area contributed by atoms with Gasteiger partial charge in [-0.25, -0.2) is 0 Å². The molecule has 0 aliphatic carbocycles. The van der Waals surface area contributed by atoms with E-state index >= 15 is 0 Å². The van der Waals surface area contributed by atoms with Crippen LogP contribution in [0.3, 0.4) is 0 Å². The van der Waals surface area contributed by atoms with Crippen molar-refractivity contribution >= 4 is 5.69 Å². The number of hydrogen-bond acceptors (Lipinski definition) is 3. The first kappa shape index (κ1) is 8.53. The van der Waals surface area contributed by atoms with Crippen molar-refractivity contribution in [2.75, 3.05) is 11.9 Å². The summed E-state index contributed by atoms with van der Waals surface area (Å²) < 4.78 is 0. The third-order valence-corrected chi connectivity index (χ3v) is 2.43. The van der Waals surface area contributed by atoms with Gasteiger partial charge in [0, 0.05) is 12.2 Å². The van der Waals surface area contributed by atoms with E-state index < -0.39 is 6.35 Å². The van der Waals surface area contributed by atoms with Crippen molar-refractivity contribution in [2.24, 2.45) is 0 Å².